The van der Waals surface area contributed by atoms with E-state index in [4.69, 9.17) is 11.6 Å². The van der Waals surface area contributed by atoms with Crippen LogP contribution in [0, 0.1) is 24.2 Å². The second-order valence-electron chi connectivity index (χ2n) is 5.39. The highest BCUT2D eigenvalue weighted by Crippen LogP contribution is 2.27. The first-order chi connectivity index (χ1) is 9.63. The van der Waals surface area contributed by atoms with Gasteiger partial charge in [-0.05, 0) is 43.4 Å². The van der Waals surface area contributed by atoms with Crippen molar-refractivity contribution in [3.63, 3.8) is 0 Å². The molecule has 1 unspecified atom stereocenters. The van der Waals surface area contributed by atoms with E-state index in [1.807, 2.05) is 6.92 Å². The summed E-state index contributed by atoms with van der Waals surface area (Å²) >= 11 is 6.03. The number of halogens is 1. The van der Waals surface area contributed by atoms with Crippen molar-refractivity contribution in [2.24, 2.45) is 5.92 Å². The number of amides is 1. The number of rotatable bonds is 3. The van der Waals surface area contributed by atoms with Crippen molar-refractivity contribution in [3.05, 3.63) is 34.3 Å². The summed E-state index contributed by atoms with van der Waals surface area (Å²) in [5.41, 5.74) is 1.31. The summed E-state index contributed by atoms with van der Waals surface area (Å²) in [7, 11) is 0. The fraction of sp³-hybridized carbons (Fsp3) is 0.500. The highest BCUT2D eigenvalue weighted by atomic mass is 35.5. The highest BCUT2D eigenvalue weighted by molar-refractivity contribution is 6.31. The van der Waals surface area contributed by atoms with Gasteiger partial charge in [0.2, 0.25) is 0 Å². The molecule has 0 bridgehead atoms. The van der Waals surface area contributed by atoms with Crippen LogP contribution in [0.1, 0.15) is 48.0 Å². The molecule has 1 fully saturated rings. The highest BCUT2D eigenvalue weighted by Gasteiger charge is 2.25. The minimum atomic E-state index is -0.402. The number of nitriles is 1. The summed E-state index contributed by atoms with van der Waals surface area (Å²) in [4.78, 5) is 12.3. The van der Waals surface area contributed by atoms with Gasteiger partial charge in [-0.2, -0.15) is 5.26 Å². The summed E-state index contributed by atoms with van der Waals surface area (Å²) < 4.78 is 0. The van der Waals surface area contributed by atoms with Crippen molar-refractivity contribution in [1.29, 1.82) is 5.26 Å². The molecule has 1 saturated carbocycles. The average molecular weight is 291 g/mol. The first-order valence-corrected chi connectivity index (χ1v) is 7.47. The maximum Gasteiger partial charge on any atom is 0.252 e. The molecule has 0 heterocycles. The minimum Gasteiger partial charge on any atom is -0.336 e. The number of carbonyl (C=O) groups excluding carboxylic acids is 1. The van der Waals surface area contributed by atoms with Crippen molar-refractivity contribution in [2.45, 2.75) is 45.1 Å². The van der Waals surface area contributed by atoms with Crippen LogP contribution in [-0.2, 0) is 0 Å². The van der Waals surface area contributed by atoms with Crippen molar-refractivity contribution >= 4 is 17.5 Å². The van der Waals surface area contributed by atoms with Crippen LogP contribution in [-0.4, -0.2) is 11.9 Å². The van der Waals surface area contributed by atoms with Gasteiger partial charge >= 0.3 is 0 Å². The topological polar surface area (TPSA) is 52.9 Å². The van der Waals surface area contributed by atoms with E-state index in [1.165, 1.54) is 6.42 Å². The van der Waals surface area contributed by atoms with E-state index in [0.717, 1.165) is 31.2 Å². The first kappa shape index (κ1) is 14.9. The Balaban J connectivity index is 2.09. The van der Waals surface area contributed by atoms with Crippen LogP contribution in [0.3, 0.4) is 0 Å². The first-order valence-electron chi connectivity index (χ1n) is 7.09. The van der Waals surface area contributed by atoms with E-state index < -0.39 is 6.04 Å². The summed E-state index contributed by atoms with van der Waals surface area (Å²) in [5, 5.41) is 12.7. The van der Waals surface area contributed by atoms with Gasteiger partial charge in [0.15, 0.2) is 0 Å². The molecule has 1 aromatic carbocycles. The molecule has 4 heteroatoms. The minimum absolute atomic E-state index is 0.206. The van der Waals surface area contributed by atoms with Crippen LogP contribution in [0.2, 0.25) is 5.02 Å². The van der Waals surface area contributed by atoms with Crippen molar-refractivity contribution in [3.8, 4) is 6.07 Å². The van der Waals surface area contributed by atoms with E-state index in [2.05, 4.69) is 11.4 Å². The molecule has 3 nitrogen and oxygen atoms in total. The lowest BCUT2D eigenvalue weighted by Crippen LogP contribution is -2.40. The third-order valence-corrected chi connectivity index (χ3v) is 4.47. The SMILES string of the molecule is Cc1c(Cl)cccc1C(=O)NC(C#N)C1CCCCC1. The lowest BCUT2D eigenvalue weighted by molar-refractivity contribution is 0.0928. The zero-order valence-corrected chi connectivity index (χ0v) is 12.4. The van der Waals surface area contributed by atoms with Crippen LogP contribution in [0.25, 0.3) is 0 Å². The van der Waals surface area contributed by atoms with E-state index >= 15 is 0 Å². The van der Waals surface area contributed by atoms with Crippen LogP contribution in [0.15, 0.2) is 18.2 Å². The van der Waals surface area contributed by atoms with E-state index in [1.54, 1.807) is 18.2 Å². The van der Waals surface area contributed by atoms with Crippen molar-refractivity contribution in [1.82, 2.24) is 5.32 Å². The molecular weight excluding hydrogens is 272 g/mol. The zero-order chi connectivity index (χ0) is 14.5. The normalized spacial score (nSPS) is 17.2. The predicted molar refractivity (Wildman–Crippen MR) is 79.6 cm³/mol. The van der Waals surface area contributed by atoms with E-state index in [9.17, 15) is 10.1 Å². The Morgan fingerprint density at radius 2 is 2.10 bits per heavy atom. The summed E-state index contributed by atoms with van der Waals surface area (Å²) in [6, 6.07) is 7.10. The van der Waals surface area contributed by atoms with Crippen molar-refractivity contribution < 1.29 is 4.79 Å². The molecule has 0 saturated heterocycles. The Kier molecular flexibility index (Phi) is 5.03. The lowest BCUT2D eigenvalue weighted by Gasteiger charge is -2.26. The molecule has 1 amide bonds. The molecule has 0 spiro atoms. The second kappa shape index (κ2) is 6.76. The Morgan fingerprint density at radius 1 is 1.40 bits per heavy atom. The van der Waals surface area contributed by atoms with Gasteiger partial charge in [0.05, 0.1) is 6.07 Å². The van der Waals surface area contributed by atoms with Gasteiger partial charge in [0, 0.05) is 10.6 Å². The second-order valence-corrected chi connectivity index (χ2v) is 5.80. The Labute approximate surface area is 124 Å². The van der Waals surface area contributed by atoms with E-state index in [-0.39, 0.29) is 11.8 Å². The number of benzene rings is 1. The van der Waals surface area contributed by atoms with Gasteiger partial charge in [-0.25, -0.2) is 0 Å². The molecule has 20 heavy (non-hydrogen) atoms. The van der Waals surface area contributed by atoms with E-state index in [0.29, 0.717) is 10.6 Å². The van der Waals surface area contributed by atoms with Crippen LogP contribution in [0.4, 0.5) is 0 Å². The maximum atomic E-state index is 12.3. The molecule has 0 aromatic heterocycles. The quantitative estimate of drug-likeness (QED) is 0.919. The fourth-order valence-corrected chi connectivity index (χ4v) is 2.97. The number of hydrogen-bond acceptors (Lipinski definition) is 2. The molecule has 1 N–H and O–H groups in total. The molecule has 1 aliphatic rings. The molecule has 2 rings (SSSR count). The molecule has 0 radical (unpaired) electrons. The van der Waals surface area contributed by atoms with Gasteiger partial charge in [-0.3, -0.25) is 4.79 Å². The summed E-state index contributed by atoms with van der Waals surface area (Å²) in [6.07, 6.45) is 5.57. The standard InChI is InChI=1S/C16H19ClN2O/c1-11-13(8-5-9-14(11)17)16(20)19-15(10-18)12-6-3-2-4-7-12/h5,8-9,12,15H,2-4,6-7H2,1H3,(H,19,20). The third kappa shape index (κ3) is 3.32. The van der Waals surface area contributed by atoms with Gasteiger partial charge in [0.25, 0.3) is 5.91 Å². The number of nitrogens with one attached hydrogen (secondary N) is 1. The monoisotopic (exact) mass is 290 g/mol. The maximum absolute atomic E-state index is 12.3. The molecule has 106 valence electrons. The van der Waals surface area contributed by atoms with Gasteiger partial charge in [-0.1, -0.05) is 36.9 Å². The van der Waals surface area contributed by atoms with Crippen LogP contribution >= 0.6 is 11.6 Å². The average Bonchev–Trinajstić information content (AvgIpc) is 2.48. The number of nitrogens with zero attached hydrogens (tertiary/aromatic N) is 1. The Hall–Kier alpha value is -1.53. The van der Waals surface area contributed by atoms with Crippen LogP contribution < -0.4 is 5.32 Å². The smallest absolute Gasteiger partial charge is 0.252 e. The van der Waals surface area contributed by atoms with Gasteiger partial charge in [0.1, 0.15) is 6.04 Å². The Morgan fingerprint density at radius 3 is 2.75 bits per heavy atom. The summed E-state index contributed by atoms with van der Waals surface area (Å²) in [6.45, 7) is 1.82. The Bertz CT molecular complexity index is 530. The van der Waals surface area contributed by atoms with Gasteiger partial charge in [-0.15, -0.1) is 0 Å². The molecular formula is C16H19ClN2O. The lowest BCUT2D eigenvalue weighted by atomic mass is 9.84. The molecule has 1 aliphatic carbocycles. The van der Waals surface area contributed by atoms with Crippen molar-refractivity contribution in [2.75, 3.05) is 0 Å². The number of carbonyl (C=O) groups is 1. The summed E-state index contributed by atoms with van der Waals surface area (Å²) in [5.74, 6) is 0.0688. The predicted octanol–water partition coefficient (Wildman–Crippen LogP) is 3.85. The number of hydrogen-bond donors (Lipinski definition) is 1. The van der Waals surface area contributed by atoms with Gasteiger partial charge < -0.3 is 5.32 Å². The third-order valence-electron chi connectivity index (χ3n) is 4.06. The zero-order valence-electron chi connectivity index (χ0n) is 11.7. The molecule has 1 aromatic rings. The molecule has 0 aliphatic heterocycles. The largest absolute Gasteiger partial charge is 0.336 e. The fourth-order valence-electron chi connectivity index (χ4n) is 2.80. The van der Waals surface area contributed by atoms with Crippen LogP contribution in [0.5, 0.6) is 0 Å². The molecule has 1 atom stereocenters.